The highest BCUT2D eigenvalue weighted by atomic mass is 32.2. The smallest absolute Gasteiger partial charge is 0.501 e. The van der Waals surface area contributed by atoms with E-state index in [2.05, 4.69) is 4.74 Å². The van der Waals surface area contributed by atoms with Crippen LogP contribution in [0.25, 0.3) is 0 Å². The highest BCUT2D eigenvalue weighted by molar-refractivity contribution is 7.89. The molecule has 0 amide bonds. The number of nitrogens with zero attached hydrogens (tertiary/aromatic N) is 1. The van der Waals surface area contributed by atoms with Gasteiger partial charge in [-0.05, 0) is 44.0 Å². The predicted octanol–water partition coefficient (Wildman–Crippen LogP) is 3.08. The summed E-state index contributed by atoms with van der Waals surface area (Å²) >= 11 is 0. The molecule has 1 aliphatic rings. The van der Waals surface area contributed by atoms with Gasteiger partial charge in [0.1, 0.15) is 11.5 Å². The van der Waals surface area contributed by atoms with Crippen molar-refractivity contribution in [1.82, 2.24) is 4.31 Å². The molecule has 0 aromatic heterocycles. The fourth-order valence-corrected chi connectivity index (χ4v) is 4.46. The summed E-state index contributed by atoms with van der Waals surface area (Å²) in [5, 5.41) is 0. The van der Waals surface area contributed by atoms with Crippen LogP contribution in [0.15, 0.2) is 41.0 Å². The average Bonchev–Trinajstić information content (AvgIpc) is 2.65. The fraction of sp³-hybridized carbons (Fsp3) is 0.500. The van der Waals surface area contributed by atoms with Gasteiger partial charge in [-0.25, -0.2) is 13.2 Å². The zero-order valence-corrected chi connectivity index (χ0v) is 16.8. The summed E-state index contributed by atoms with van der Waals surface area (Å²) < 4.78 is 77.3. The second-order valence-corrected chi connectivity index (χ2v) is 8.14. The third-order valence-electron chi connectivity index (χ3n) is 4.33. The summed E-state index contributed by atoms with van der Waals surface area (Å²) in [7, 11) is -2.44. The molecule has 1 fully saturated rings. The number of ether oxygens (including phenoxy) is 3. The first kappa shape index (κ1) is 23.0. The van der Waals surface area contributed by atoms with Crippen molar-refractivity contribution in [2.45, 2.75) is 31.0 Å². The van der Waals surface area contributed by atoms with Gasteiger partial charge in [0.25, 0.3) is 0 Å². The Bertz CT molecular complexity index is 828. The largest absolute Gasteiger partial charge is 0.573 e. The summed E-state index contributed by atoms with van der Waals surface area (Å²) in [6.07, 6.45) is -2.74. The van der Waals surface area contributed by atoms with Gasteiger partial charge < -0.3 is 14.2 Å². The molecule has 1 saturated heterocycles. The fourth-order valence-electron chi connectivity index (χ4n) is 2.99. The summed E-state index contributed by atoms with van der Waals surface area (Å²) in [5.41, 5.74) is 0. The molecular weight excluding hydrogens is 415 g/mol. The predicted molar refractivity (Wildman–Crippen MR) is 96.3 cm³/mol. The topological polar surface area (TPSA) is 82.1 Å². The molecule has 1 aromatic carbocycles. The van der Waals surface area contributed by atoms with Crippen molar-refractivity contribution in [2.75, 3.05) is 26.8 Å². The quantitative estimate of drug-likeness (QED) is 0.371. The van der Waals surface area contributed by atoms with E-state index in [9.17, 15) is 26.4 Å². The van der Waals surface area contributed by atoms with Gasteiger partial charge in [-0.1, -0.05) is 0 Å². The Labute approximate surface area is 167 Å². The molecule has 1 aromatic rings. The van der Waals surface area contributed by atoms with Crippen LogP contribution in [0.5, 0.6) is 5.75 Å². The van der Waals surface area contributed by atoms with E-state index in [0.717, 1.165) is 24.3 Å². The Morgan fingerprint density at radius 2 is 1.79 bits per heavy atom. The summed E-state index contributed by atoms with van der Waals surface area (Å²) in [6, 6.07) is 4.06. The van der Waals surface area contributed by atoms with Crippen molar-refractivity contribution in [2.24, 2.45) is 5.92 Å². The van der Waals surface area contributed by atoms with Gasteiger partial charge in [0, 0.05) is 19.0 Å². The maximum Gasteiger partial charge on any atom is 0.573 e. The Kier molecular flexibility index (Phi) is 7.53. The van der Waals surface area contributed by atoms with Gasteiger partial charge in [0.15, 0.2) is 0 Å². The Morgan fingerprint density at radius 1 is 1.21 bits per heavy atom. The number of allylic oxidation sites excluding steroid dienone is 1. The summed E-state index contributed by atoms with van der Waals surface area (Å²) in [4.78, 5) is 11.5. The molecule has 0 atom stereocenters. The minimum absolute atomic E-state index is 0.125. The number of rotatable bonds is 7. The van der Waals surface area contributed by atoms with E-state index in [4.69, 9.17) is 9.47 Å². The SMILES string of the molecule is CCOC(=O)C=C(OC)C1CCN(S(=O)(=O)c2ccc(OC(F)(F)F)cc2)CC1. The summed E-state index contributed by atoms with van der Waals surface area (Å²) in [5.74, 6) is -0.739. The molecule has 7 nitrogen and oxygen atoms in total. The van der Waals surface area contributed by atoms with Crippen LogP contribution in [0.2, 0.25) is 0 Å². The molecule has 1 aliphatic heterocycles. The minimum Gasteiger partial charge on any atom is -0.501 e. The number of sulfonamides is 1. The van der Waals surface area contributed by atoms with Crippen molar-refractivity contribution in [1.29, 1.82) is 0 Å². The minimum atomic E-state index is -4.85. The van der Waals surface area contributed by atoms with Crippen LogP contribution in [-0.2, 0) is 24.3 Å². The highest BCUT2D eigenvalue weighted by Gasteiger charge is 2.33. The monoisotopic (exact) mass is 437 g/mol. The molecule has 0 bridgehead atoms. The van der Waals surface area contributed by atoms with Crippen molar-refractivity contribution >= 4 is 16.0 Å². The van der Waals surface area contributed by atoms with Crippen LogP contribution in [0.3, 0.4) is 0 Å². The van der Waals surface area contributed by atoms with Crippen molar-refractivity contribution in [3.8, 4) is 5.75 Å². The molecule has 29 heavy (non-hydrogen) atoms. The number of hydrogen-bond donors (Lipinski definition) is 0. The van der Waals surface area contributed by atoms with Crippen LogP contribution in [0, 0.1) is 5.92 Å². The Balaban J connectivity index is 2.04. The Hall–Kier alpha value is -2.27. The van der Waals surface area contributed by atoms with Crippen molar-refractivity contribution < 1.29 is 40.6 Å². The number of esters is 1. The molecule has 2 rings (SSSR count). The number of carbonyl (C=O) groups excluding carboxylic acids is 1. The number of halogens is 3. The number of methoxy groups -OCH3 is 1. The van der Waals surface area contributed by atoms with E-state index in [1.165, 1.54) is 17.5 Å². The van der Waals surface area contributed by atoms with E-state index in [1.54, 1.807) is 6.92 Å². The number of piperidine rings is 1. The number of benzene rings is 1. The lowest BCUT2D eigenvalue weighted by Crippen LogP contribution is -2.39. The number of hydrogen-bond acceptors (Lipinski definition) is 6. The molecule has 162 valence electrons. The van der Waals surface area contributed by atoms with E-state index in [-0.39, 0.29) is 30.5 Å². The molecule has 0 radical (unpaired) electrons. The Morgan fingerprint density at radius 3 is 2.28 bits per heavy atom. The van der Waals surface area contributed by atoms with Crippen LogP contribution < -0.4 is 4.74 Å². The molecule has 0 saturated carbocycles. The standard InChI is InChI=1S/C18H22F3NO6S/c1-3-27-17(23)12-16(26-2)13-8-10-22(11-9-13)29(24,25)15-6-4-14(5-7-15)28-18(19,20)21/h4-7,12-13H,3,8-11H2,1-2H3. The van der Waals surface area contributed by atoms with Gasteiger partial charge in [-0.3, -0.25) is 0 Å². The van der Waals surface area contributed by atoms with E-state index in [0.29, 0.717) is 18.6 Å². The van der Waals surface area contributed by atoms with Crippen LogP contribution >= 0.6 is 0 Å². The third-order valence-corrected chi connectivity index (χ3v) is 6.25. The third kappa shape index (κ3) is 6.36. The number of alkyl halides is 3. The van der Waals surface area contributed by atoms with Gasteiger partial charge >= 0.3 is 12.3 Å². The first-order chi connectivity index (χ1) is 13.6. The first-order valence-electron chi connectivity index (χ1n) is 8.85. The molecule has 11 heteroatoms. The van der Waals surface area contributed by atoms with Gasteiger partial charge in [-0.2, -0.15) is 4.31 Å². The number of carbonyl (C=O) groups is 1. The lowest BCUT2D eigenvalue weighted by molar-refractivity contribution is -0.274. The maximum absolute atomic E-state index is 12.7. The molecule has 0 unspecified atom stereocenters. The van der Waals surface area contributed by atoms with Crippen LogP contribution in [0.4, 0.5) is 13.2 Å². The van der Waals surface area contributed by atoms with Gasteiger partial charge in [0.05, 0.1) is 24.7 Å². The van der Waals surface area contributed by atoms with E-state index in [1.807, 2.05) is 0 Å². The average molecular weight is 437 g/mol. The van der Waals surface area contributed by atoms with Crippen LogP contribution in [0.1, 0.15) is 19.8 Å². The summed E-state index contributed by atoms with van der Waals surface area (Å²) in [6.45, 7) is 2.27. The zero-order valence-electron chi connectivity index (χ0n) is 15.9. The molecule has 0 N–H and O–H groups in total. The van der Waals surface area contributed by atoms with Gasteiger partial charge in [-0.15, -0.1) is 13.2 Å². The van der Waals surface area contributed by atoms with E-state index >= 15 is 0 Å². The second kappa shape index (κ2) is 9.49. The second-order valence-electron chi connectivity index (χ2n) is 6.20. The molecule has 0 spiro atoms. The zero-order chi connectivity index (χ0) is 21.7. The maximum atomic E-state index is 12.7. The normalized spacial score (nSPS) is 17.1. The van der Waals surface area contributed by atoms with Crippen molar-refractivity contribution in [3.05, 3.63) is 36.1 Å². The molecule has 0 aliphatic carbocycles. The first-order valence-corrected chi connectivity index (χ1v) is 10.3. The van der Waals surface area contributed by atoms with Gasteiger partial charge in [0.2, 0.25) is 10.0 Å². The highest BCUT2D eigenvalue weighted by Crippen LogP contribution is 2.30. The lowest BCUT2D eigenvalue weighted by atomic mass is 9.95. The van der Waals surface area contributed by atoms with Crippen LogP contribution in [-0.4, -0.2) is 51.9 Å². The van der Waals surface area contributed by atoms with Crippen molar-refractivity contribution in [3.63, 3.8) is 0 Å². The molecule has 1 heterocycles. The molecular formula is C18H22F3NO6S. The lowest BCUT2D eigenvalue weighted by Gasteiger charge is -2.31. The van der Waals surface area contributed by atoms with E-state index < -0.39 is 28.1 Å².